The number of hydrazine groups is 1. The topological polar surface area (TPSA) is 139 Å². The highest BCUT2D eigenvalue weighted by molar-refractivity contribution is 6.06. The number of benzene rings is 2. The third-order valence-electron chi connectivity index (χ3n) is 2.79. The van der Waals surface area contributed by atoms with Crippen LogP contribution < -0.4 is 22.3 Å². The molecular formula is C13H14N4O3. The summed E-state index contributed by atoms with van der Waals surface area (Å²) in [7, 11) is 0. The molecule has 8 N–H and O–H groups in total. The summed E-state index contributed by atoms with van der Waals surface area (Å²) in [6, 6.07) is 8.24. The molecule has 0 atom stereocenters. The zero-order chi connectivity index (χ0) is 14.9. The average molecular weight is 274 g/mol. The summed E-state index contributed by atoms with van der Waals surface area (Å²) < 4.78 is 0. The number of amides is 1. The van der Waals surface area contributed by atoms with Crippen molar-refractivity contribution >= 4 is 23.0 Å². The minimum Gasteiger partial charge on any atom is -0.506 e. The van der Waals surface area contributed by atoms with Crippen molar-refractivity contribution in [3.63, 3.8) is 0 Å². The quantitative estimate of drug-likeness (QED) is 0.180. The molecule has 0 saturated carbocycles. The molecule has 0 aliphatic heterocycles. The Labute approximate surface area is 114 Å². The van der Waals surface area contributed by atoms with Crippen LogP contribution in [0.3, 0.4) is 0 Å². The fourth-order valence-electron chi connectivity index (χ4n) is 1.61. The molecule has 0 radical (unpaired) electrons. The molecule has 20 heavy (non-hydrogen) atoms. The van der Waals surface area contributed by atoms with E-state index in [-0.39, 0.29) is 34.1 Å². The number of phenols is 2. The molecule has 2 aromatic rings. The van der Waals surface area contributed by atoms with E-state index in [0.717, 1.165) is 5.01 Å². The van der Waals surface area contributed by atoms with E-state index in [4.69, 9.17) is 17.3 Å². The minimum absolute atomic E-state index is 0.162. The van der Waals surface area contributed by atoms with E-state index >= 15 is 0 Å². The van der Waals surface area contributed by atoms with E-state index in [1.807, 2.05) is 0 Å². The monoisotopic (exact) mass is 274 g/mol. The second kappa shape index (κ2) is 4.98. The molecule has 0 unspecified atom stereocenters. The molecule has 0 heterocycles. The highest BCUT2D eigenvalue weighted by Gasteiger charge is 2.16. The van der Waals surface area contributed by atoms with E-state index in [1.54, 1.807) is 0 Å². The number of hydrogen-bond donors (Lipinski definition) is 5. The van der Waals surface area contributed by atoms with Crippen molar-refractivity contribution in [3.05, 3.63) is 42.0 Å². The van der Waals surface area contributed by atoms with Crippen LogP contribution >= 0.6 is 0 Å². The lowest BCUT2D eigenvalue weighted by molar-refractivity contribution is 0.0986. The van der Waals surface area contributed by atoms with E-state index in [0.29, 0.717) is 0 Å². The van der Waals surface area contributed by atoms with Gasteiger partial charge in [0, 0.05) is 11.6 Å². The molecule has 7 heteroatoms. The first kappa shape index (κ1) is 13.5. The number of phenolic OH excluding ortho intramolecular Hbond substituents is 2. The van der Waals surface area contributed by atoms with Gasteiger partial charge in [0.2, 0.25) is 0 Å². The van der Waals surface area contributed by atoms with Crippen LogP contribution in [0.1, 0.15) is 10.4 Å². The van der Waals surface area contributed by atoms with Gasteiger partial charge in [-0.15, -0.1) is 0 Å². The summed E-state index contributed by atoms with van der Waals surface area (Å²) in [5.74, 6) is 4.75. The lowest BCUT2D eigenvalue weighted by atomic mass is 10.1. The first-order chi connectivity index (χ1) is 9.40. The number of nitrogens with two attached hydrogens (primary N) is 3. The van der Waals surface area contributed by atoms with Gasteiger partial charge in [0.25, 0.3) is 5.91 Å². The van der Waals surface area contributed by atoms with Gasteiger partial charge in [-0.1, -0.05) is 0 Å². The SMILES string of the molecule is Nc1ccc(C(=O)N(N)c2ccc(N)c(O)c2)cc1O. The van der Waals surface area contributed by atoms with Crippen LogP contribution in [-0.4, -0.2) is 16.1 Å². The Hall–Kier alpha value is -2.93. The van der Waals surface area contributed by atoms with Gasteiger partial charge in [-0.3, -0.25) is 4.79 Å². The van der Waals surface area contributed by atoms with Crippen LogP contribution in [0.15, 0.2) is 36.4 Å². The van der Waals surface area contributed by atoms with Crippen molar-refractivity contribution in [1.29, 1.82) is 0 Å². The molecule has 0 bridgehead atoms. The van der Waals surface area contributed by atoms with Gasteiger partial charge in [-0.2, -0.15) is 0 Å². The molecular weight excluding hydrogens is 260 g/mol. The van der Waals surface area contributed by atoms with Gasteiger partial charge in [0.05, 0.1) is 17.1 Å². The Balaban J connectivity index is 2.32. The third-order valence-corrected chi connectivity index (χ3v) is 2.79. The lowest BCUT2D eigenvalue weighted by Gasteiger charge is -2.17. The number of anilines is 3. The largest absolute Gasteiger partial charge is 0.506 e. The van der Waals surface area contributed by atoms with E-state index in [9.17, 15) is 15.0 Å². The predicted molar refractivity (Wildman–Crippen MR) is 76.0 cm³/mol. The van der Waals surface area contributed by atoms with Gasteiger partial charge < -0.3 is 21.7 Å². The van der Waals surface area contributed by atoms with E-state index in [2.05, 4.69) is 0 Å². The second-order valence-corrected chi connectivity index (χ2v) is 4.19. The van der Waals surface area contributed by atoms with Crippen LogP contribution in [-0.2, 0) is 0 Å². The molecule has 7 nitrogen and oxygen atoms in total. The number of nitrogens with zero attached hydrogens (tertiary/aromatic N) is 1. The number of aromatic hydroxyl groups is 2. The molecule has 0 spiro atoms. The van der Waals surface area contributed by atoms with Gasteiger partial charge in [0.15, 0.2) is 0 Å². The Kier molecular flexibility index (Phi) is 3.36. The number of carbonyl (C=O) groups is 1. The fourth-order valence-corrected chi connectivity index (χ4v) is 1.61. The van der Waals surface area contributed by atoms with Crippen LogP contribution in [0, 0.1) is 0 Å². The fraction of sp³-hybridized carbons (Fsp3) is 0. The molecule has 0 aromatic heterocycles. The van der Waals surface area contributed by atoms with Gasteiger partial charge >= 0.3 is 0 Å². The molecule has 0 saturated heterocycles. The number of hydrogen-bond acceptors (Lipinski definition) is 6. The zero-order valence-corrected chi connectivity index (χ0v) is 10.4. The van der Waals surface area contributed by atoms with Crippen molar-refractivity contribution in [2.75, 3.05) is 16.5 Å². The number of carbonyl (C=O) groups excluding carboxylic acids is 1. The van der Waals surface area contributed by atoms with Crippen molar-refractivity contribution in [2.24, 2.45) is 5.84 Å². The van der Waals surface area contributed by atoms with Gasteiger partial charge in [0.1, 0.15) is 11.5 Å². The van der Waals surface area contributed by atoms with Crippen molar-refractivity contribution < 1.29 is 15.0 Å². The molecule has 0 fully saturated rings. The van der Waals surface area contributed by atoms with E-state index < -0.39 is 5.91 Å². The summed E-state index contributed by atoms with van der Waals surface area (Å²) in [5, 5.41) is 19.8. The maximum Gasteiger partial charge on any atom is 0.272 e. The molecule has 2 rings (SSSR count). The van der Waals surface area contributed by atoms with Gasteiger partial charge in [-0.05, 0) is 30.3 Å². The van der Waals surface area contributed by atoms with Crippen molar-refractivity contribution in [3.8, 4) is 11.5 Å². The summed E-state index contributed by atoms with van der Waals surface area (Å²) in [6.45, 7) is 0. The Morgan fingerprint density at radius 3 is 2.05 bits per heavy atom. The Morgan fingerprint density at radius 1 is 0.950 bits per heavy atom. The van der Waals surface area contributed by atoms with Crippen LogP contribution in [0.5, 0.6) is 11.5 Å². The zero-order valence-electron chi connectivity index (χ0n) is 10.4. The van der Waals surface area contributed by atoms with Crippen LogP contribution in [0.4, 0.5) is 17.1 Å². The Bertz CT molecular complexity index is 673. The summed E-state index contributed by atoms with van der Waals surface area (Å²) >= 11 is 0. The number of rotatable bonds is 2. The smallest absolute Gasteiger partial charge is 0.272 e. The third kappa shape index (κ3) is 2.43. The van der Waals surface area contributed by atoms with Gasteiger partial charge in [-0.25, -0.2) is 10.9 Å². The van der Waals surface area contributed by atoms with E-state index in [1.165, 1.54) is 36.4 Å². The summed E-state index contributed by atoms with van der Waals surface area (Å²) in [5.41, 5.74) is 11.7. The average Bonchev–Trinajstić information content (AvgIpc) is 2.43. The standard InChI is InChI=1S/C13H14N4O3/c14-9-3-1-7(5-11(9)18)13(20)17(16)8-2-4-10(15)12(19)6-8/h1-6,18-19H,14-16H2. The molecule has 2 aromatic carbocycles. The first-order valence-corrected chi connectivity index (χ1v) is 5.66. The molecule has 0 aliphatic carbocycles. The highest BCUT2D eigenvalue weighted by Crippen LogP contribution is 2.27. The van der Waals surface area contributed by atoms with Crippen molar-refractivity contribution in [2.45, 2.75) is 0 Å². The van der Waals surface area contributed by atoms with Crippen molar-refractivity contribution in [1.82, 2.24) is 0 Å². The lowest BCUT2D eigenvalue weighted by Crippen LogP contribution is -2.37. The van der Waals surface area contributed by atoms with Crippen LogP contribution in [0.25, 0.3) is 0 Å². The number of nitrogen functional groups attached to an aromatic ring is 2. The molecule has 0 aliphatic rings. The highest BCUT2D eigenvalue weighted by atomic mass is 16.3. The molecule has 104 valence electrons. The Morgan fingerprint density at radius 2 is 1.50 bits per heavy atom. The predicted octanol–water partition coefficient (Wildman–Crippen LogP) is 0.783. The second-order valence-electron chi connectivity index (χ2n) is 4.19. The minimum atomic E-state index is -0.565. The van der Waals surface area contributed by atoms with Crippen LogP contribution in [0.2, 0.25) is 0 Å². The normalized spacial score (nSPS) is 10.2. The maximum absolute atomic E-state index is 12.1. The summed E-state index contributed by atoms with van der Waals surface area (Å²) in [6.07, 6.45) is 0. The molecule has 1 amide bonds. The maximum atomic E-state index is 12.1. The first-order valence-electron chi connectivity index (χ1n) is 5.66. The summed E-state index contributed by atoms with van der Waals surface area (Å²) in [4.78, 5) is 12.1.